The molecule has 0 rings (SSSR count). The summed E-state index contributed by atoms with van der Waals surface area (Å²) < 4.78 is 0. The maximum absolute atomic E-state index is 9.93. The second-order valence-electron chi connectivity index (χ2n) is 1.46. The molecule has 1 unspecified atom stereocenters. The van der Waals surface area contributed by atoms with Gasteiger partial charge in [0.25, 0.3) is 0 Å². The van der Waals surface area contributed by atoms with Crippen LogP contribution < -0.4 is 5.73 Å². The van der Waals surface area contributed by atoms with E-state index in [9.17, 15) is 4.79 Å². The molecule has 3 nitrogen and oxygen atoms in total. The topological polar surface area (TPSA) is 63.3 Å². The van der Waals surface area contributed by atoms with Crippen molar-refractivity contribution >= 4 is 31.0 Å². The minimum absolute atomic E-state index is 0. The van der Waals surface area contributed by atoms with Crippen molar-refractivity contribution in [3.8, 4) is 0 Å². The smallest absolute Gasteiger partial charge is 0.320 e. The first kappa shape index (κ1) is 11.8. The number of carbonyl (C=O) groups is 1. The minimum Gasteiger partial charge on any atom is -0.480 e. The normalized spacial score (nSPS) is 11.8. The summed E-state index contributed by atoms with van der Waals surface area (Å²) in [6, 6.07) is -0.743. The Kier molecular flexibility index (Phi) is 8.13. The highest BCUT2D eigenvalue weighted by molar-refractivity contribution is 7.80. The second-order valence-corrected chi connectivity index (χ2v) is 1.90. The molecular weight excluding hydrogens is 162 g/mol. The summed E-state index contributed by atoms with van der Waals surface area (Å²) in [5.41, 5.74) is 5.08. The molecule has 0 aliphatic rings. The number of aliphatic carboxylic acids is 1. The predicted molar refractivity (Wildman–Crippen MR) is 41.3 cm³/mol. The van der Waals surface area contributed by atoms with Crippen molar-refractivity contribution < 1.29 is 9.90 Å². The predicted octanol–water partition coefficient (Wildman–Crippen LogP) is 0.140. The molecule has 56 valence electrons. The molecule has 0 saturated carbocycles. The second kappa shape index (κ2) is 6.19. The van der Waals surface area contributed by atoms with Gasteiger partial charge in [-0.25, -0.2) is 0 Å². The Morgan fingerprint density at radius 2 is 2.22 bits per heavy atom. The van der Waals surface area contributed by atoms with E-state index >= 15 is 0 Å². The number of carboxylic acids is 1. The lowest BCUT2D eigenvalue weighted by atomic mass is 10.2. The lowest BCUT2D eigenvalue weighted by molar-refractivity contribution is -0.138. The fraction of sp³-hybridized carbons (Fsp3) is 0.750. The molecule has 9 heavy (non-hydrogen) atoms. The van der Waals surface area contributed by atoms with Gasteiger partial charge >= 0.3 is 5.97 Å². The lowest BCUT2D eigenvalue weighted by Crippen LogP contribution is -2.30. The summed E-state index contributed by atoms with van der Waals surface area (Å²) in [6.07, 6.45) is 0.429. The van der Waals surface area contributed by atoms with Crippen LogP contribution in [0.25, 0.3) is 0 Å². The third kappa shape index (κ3) is 5.95. The largest absolute Gasteiger partial charge is 0.480 e. The highest BCUT2D eigenvalue weighted by Gasteiger charge is 2.08. The van der Waals surface area contributed by atoms with Crippen LogP contribution in [0.3, 0.4) is 0 Å². The lowest BCUT2D eigenvalue weighted by Gasteiger charge is -2.00. The average Bonchev–Trinajstić information content (AvgIpc) is 1.67. The van der Waals surface area contributed by atoms with E-state index < -0.39 is 12.0 Å². The van der Waals surface area contributed by atoms with Gasteiger partial charge in [0, 0.05) is 0 Å². The van der Waals surface area contributed by atoms with Gasteiger partial charge in [-0.2, -0.15) is 12.6 Å². The van der Waals surface area contributed by atoms with Crippen molar-refractivity contribution in [2.75, 3.05) is 5.75 Å². The monoisotopic (exact) mass is 171 g/mol. The molecule has 3 N–H and O–H groups in total. The highest BCUT2D eigenvalue weighted by atomic mass is 35.5. The van der Waals surface area contributed by atoms with E-state index in [-0.39, 0.29) is 12.4 Å². The fourth-order valence-corrected chi connectivity index (χ4v) is 0.541. The van der Waals surface area contributed by atoms with Crippen LogP contribution in [0.15, 0.2) is 0 Å². The van der Waals surface area contributed by atoms with E-state index in [4.69, 9.17) is 10.8 Å². The third-order valence-corrected chi connectivity index (χ3v) is 1.02. The Morgan fingerprint density at radius 1 is 1.78 bits per heavy atom. The Hall–Kier alpha value is 0.0700. The molecule has 0 aliphatic heterocycles. The number of hydrogen-bond acceptors (Lipinski definition) is 3. The van der Waals surface area contributed by atoms with Crippen molar-refractivity contribution in [1.82, 2.24) is 0 Å². The standard InChI is InChI=1S/C4H9NO2S.ClH/c5-3(1-2-8)4(6)7;/h3,8H,1-2,5H2,(H,6,7);1H. The Bertz CT molecular complexity index is 90.6. The number of hydrogen-bond donors (Lipinski definition) is 3. The van der Waals surface area contributed by atoms with Crippen LogP contribution in [0.5, 0.6) is 0 Å². The molecule has 0 aromatic rings. The van der Waals surface area contributed by atoms with E-state index in [1.54, 1.807) is 0 Å². The van der Waals surface area contributed by atoms with Crippen LogP contribution in [-0.4, -0.2) is 22.9 Å². The average molecular weight is 172 g/mol. The molecule has 0 saturated heterocycles. The van der Waals surface area contributed by atoms with E-state index in [2.05, 4.69) is 12.6 Å². The van der Waals surface area contributed by atoms with E-state index in [0.717, 1.165) is 0 Å². The molecule has 1 atom stereocenters. The van der Waals surface area contributed by atoms with Crippen molar-refractivity contribution in [3.63, 3.8) is 0 Å². The van der Waals surface area contributed by atoms with E-state index in [1.165, 1.54) is 0 Å². The van der Waals surface area contributed by atoms with E-state index in [1.807, 2.05) is 0 Å². The molecule has 0 spiro atoms. The molecule has 0 aromatic carbocycles. The van der Waals surface area contributed by atoms with Crippen molar-refractivity contribution in [2.45, 2.75) is 12.5 Å². The molecule has 0 heterocycles. The molecule has 0 aromatic heterocycles. The molecule has 5 heteroatoms. The number of carboxylic acid groups (broad SMARTS) is 1. The number of nitrogens with two attached hydrogens (primary N) is 1. The quantitative estimate of drug-likeness (QED) is 0.530. The SMILES string of the molecule is Cl.NC(CCS)C(=O)O. The summed E-state index contributed by atoms with van der Waals surface area (Å²) in [4.78, 5) is 9.93. The Morgan fingerprint density at radius 3 is 2.33 bits per heavy atom. The van der Waals surface area contributed by atoms with Crippen molar-refractivity contribution in [3.05, 3.63) is 0 Å². The van der Waals surface area contributed by atoms with Gasteiger partial charge in [-0.15, -0.1) is 12.4 Å². The first-order valence-electron chi connectivity index (χ1n) is 2.27. The van der Waals surface area contributed by atoms with Gasteiger partial charge in [0.1, 0.15) is 6.04 Å². The number of thiol groups is 1. The van der Waals surface area contributed by atoms with Gasteiger partial charge in [0.15, 0.2) is 0 Å². The van der Waals surface area contributed by atoms with Crippen molar-refractivity contribution in [2.24, 2.45) is 5.73 Å². The van der Waals surface area contributed by atoms with Gasteiger partial charge in [-0.1, -0.05) is 0 Å². The van der Waals surface area contributed by atoms with Crippen LogP contribution in [0.2, 0.25) is 0 Å². The van der Waals surface area contributed by atoms with Gasteiger partial charge in [-0.05, 0) is 12.2 Å². The van der Waals surface area contributed by atoms with Crippen LogP contribution >= 0.6 is 25.0 Å². The third-order valence-electron chi connectivity index (χ3n) is 0.757. The zero-order chi connectivity index (χ0) is 6.57. The van der Waals surface area contributed by atoms with Crippen LogP contribution in [0.1, 0.15) is 6.42 Å². The molecule has 0 bridgehead atoms. The van der Waals surface area contributed by atoms with Crippen LogP contribution in [0.4, 0.5) is 0 Å². The van der Waals surface area contributed by atoms with Crippen LogP contribution in [0, 0.1) is 0 Å². The van der Waals surface area contributed by atoms with Gasteiger partial charge in [-0.3, -0.25) is 4.79 Å². The zero-order valence-electron chi connectivity index (χ0n) is 4.78. The summed E-state index contributed by atoms with van der Waals surface area (Å²) in [6.45, 7) is 0. The zero-order valence-corrected chi connectivity index (χ0v) is 6.49. The van der Waals surface area contributed by atoms with Gasteiger partial charge in [0.2, 0.25) is 0 Å². The summed E-state index contributed by atoms with van der Waals surface area (Å²) in [7, 11) is 0. The molecule has 0 radical (unpaired) electrons. The fourth-order valence-electron chi connectivity index (χ4n) is 0.263. The maximum atomic E-state index is 9.93. The summed E-state index contributed by atoms with van der Waals surface area (Å²) >= 11 is 3.81. The van der Waals surface area contributed by atoms with Crippen LogP contribution in [-0.2, 0) is 4.79 Å². The van der Waals surface area contributed by atoms with Crippen molar-refractivity contribution in [1.29, 1.82) is 0 Å². The molecule has 0 amide bonds. The minimum atomic E-state index is -0.959. The summed E-state index contributed by atoms with van der Waals surface area (Å²) in [5.74, 6) is -0.438. The Balaban J connectivity index is 0. The molecule has 0 fully saturated rings. The highest BCUT2D eigenvalue weighted by Crippen LogP contribution is 1.88. The summed E-state index contributed by atoms with van der Waals surface area (Å²) in [5, 5.41) is 8.15. The number of halogens is 1. The molecule has 0 aliphatic carbocycles. The first-order chi connectivity index (χ1) is 3.68. The maximum Gasteiger partial charge on any atom is 0.320 e. The Labute approximate surface area is 65.4 Å². The van der Waals surface area contributed by atoms with Gasteiger partial charge < -0.3 is 10.8 Å². The van der Waals surface area contributed by atoms with Gasteiger partial charge in [0.05, 0.1) is 0 Å². The first-order valence-corrected chi connectivity index (χ1v) is 2.91. The molecular formula is C4H10ClNO2S. The number of rotatable bonds is 3. The van der Waals surface area contributed by atoms with E-state index in [0.29, 0.717) is 12.2 Å².